The summed E-state index contributed by atoms with van der Waals surface area (Å²) < 4.78 is 38.4. The molecular weight excluding hydrogens is 509 g/mol. The highest BCUT2D eigenvalue weighted by molar-refractivity contribution is 5.90. The Kier molecular flexibility index (Phi) is 9.05. The monoisotopic (exact) mass is 534 g/mol. The van der Waals surface area contributed by atoms with Gasteiger partial charge in [-0.05, 0) is 48.6 Å². The minimum Gasteiger partial charge on any atom is -0.497 e. The number of hydrogen-bond acceptors (Lipinski definition) is 6. The standard InChI is InChI=1S/C23H24N4O4.C2HF3O2/c1-31-17-6-3-15(4-7-17)13-20(28)25-10-2-12-27-22(23(29)30)19-8-5-16-14-24-11-9-18(16)21(19)26-27;3-2(4,5)1(6)7/h3-4,6-7,9,11,14H,2,5,8,10,12-13H2,1H3,(H,25,28)(H,29,30);(H,6,7). The molecule has 0 spiro atoms. The number of carbonyl (C=O) groups excluding carboxylic acids is 1. The molecule has 1 aliphatic carbocycles. The molecule has 10 nitrogen and oxygen atoms in total. The number of carboxylic acid groups (broad SMARTS) is 2. The van der Waals surface area contributed by atoms with Gasteiger partial charge in [-0.15, -0.1) is 0 Å². The number of amides is 1. The van der Waals surface area contributed by atoms with E-state index >= 15 is 0 Å². The molecule has 1 amide bonds. The van der Waals surface area contributed by atoms with E-state index in [2.05, 4.69) is 15.4 Å². The minimum atomic E-state index is -5.08. The number of ether oxygens (including phenoxy) is 1. The van der Waals surface area contributed by atoms with Crippen LogP contribution in [0.1, 0.15) is 33.6 Å². The summed E-state index contributed by atoms with van der Waals surface area (Å²) in [6.07, 6.45) is 0.684. The van der Waals surface area contributed by atoms with Gasteiger partial charge in [0.25, 0.3) is 0 Å². The van der Waals surface area contributed by atoms with Crippen LogP contribution in [0.4, 0.5) is 13.2 Å². The van der Waals surface area contributed by atoms with Crippen LogP contribution in [-0.4, -0.2) is 62.7 Å². The second-order valence-corrected chi connectivity index (χ2v) is 8.27. The highest BCUT2D eigenvalue weighted by atomic mass is 19.4. The number of nitrogens with zero attached hydrogens (tertiary/aromatic N) is 3. The van der Waals surface area contributed by atoms with Gasteiger partial charge in [0.2, 0.25) is 5.91 Å². The molecule has 0 saturated heterocycles. The molecule has 202 valence electrons. The SMILES string of the molecule is COc1ccc(CC(=O)NCCCn2nc3c(c2C(=O)O)CCc2cnccc2-3)cc1.O=C(O)C(F)(F)F. The number of nitrogens with one attached hydrogen (secondary N) is 1. The lowest BCUT2D eigenvalue weighted by Gasteiger charge is -2.14. The van der Waals surface area contributed by atoms with Crippen molar-refractivity contribution in [1.29, 1.82) is 0 Å². The van der Waals surface area contributed by atoms with Gasteiger partial charge >= 0.3 is 18.1 Å². The quantitative estimate of drug-likeness (QED) is 0.374. The number of alkyl halides is 3. The molecule has 0 saturated carbocycles. The van der Waals surface area contributed by atoms with Crippen molar-refractivity contribution in [2.24, 2.45) is 0 Å². The maximum absolute atomic E-state index is 12.2. The zero-order valence-electron chi connectivity index (χ0n) is 20.3. The third kappa shape index (κ3) is 7.08. The first-order valence-corrected chi connectivity index (χ1v) is 11.5. The van der Waals surface area contributed by atoms with Gasteiger partial charge < -0.3 is 20.3 Å². The molecule has 3 N–H and O–H groups in total. The van der Waals surface area contributed by atoms with Gasteiger partial charge in [0, 0.05) is 36.6 Å². The van der Waals surface area contributed by atoms with Crippen molar-refractivity contribution in [2.45, 2.75) is 38.4 Å². The third-order valence-electron chi connectivity index (χ3n) is 5.69. The minimum absolute atomic E-state index is 0.0789. The number of carboxylic acids is 2. The van der Waals surface area contributed by atoms with Crippen LogP contribution in [0.5, 0.6) is 5.75 Å². The number of aromatic nitrogens is 3. The van der Waals surface area contributed by atoms with E-state index in [0.29, 0.717) is 25.9 Å². The van der Waals surface area contributed by atoms with E-state index in [1.54, 1.807) is 18.0 Å². The first-order chi connectivity index (χ1) is 18.0. The summed E-state index contributed by atoms with van der Waals surface area (Å²) in [5, 5.41) is 24.4. The molecule has 3 aromatic rings. The smallest absolute Gasteiger partial charge is 0.490 e. The zero-order chi connectivity index (χ0) is 27.9. The summed E-state index contributed by atoms with van der Waals surface area (Å²) in [7, 11) is 1.60. The summed E-state index contributed by atoms with van der Waals surface area (Å²) >= 11 is 0. The number of benzene rings is 1. The Morgan fingerprint density at radius 3 is 2.39 bits per heavy atom. The van der Waals surface area contributed by atoms with Gasteiger partial charge in [0.05, 0.1) is 19.2 Å². The van der Waals surface area contributed by atoms with Gasteiger partial charge in [-0.2, -0.15) is 18.3 Å². The molecule has 38 heavy (non-hydrogen) atoms. The molecule has 2 heterocycles. The van der Waals surface area contributed by atoms with Crippen molar-refractivity contribution >= 4 is 17.8 Å². The number of halogens is 3. The molecule has 0 bridgehead atoms. The lowest BCUT2D eigenvalue weighted by molar-refractivity contribution is -0.192. The summed E-state index contributed by atoms with van der Waals surface area (Å²) in [4.78, 5) is 37.1. The van der Waals surface area contributed by atoms with Gasteiger partial charge in [0.15, 0.2) is 0 Å². The number of aliphatic carboxylic acids is 1. The molecule has 0 radical (unpaired) electrons. The second-order valence-electron chi connectivity index (χ2n) is 8.27. The van der Waals surface area contributed by atoms with Crippen molar-refractivity contribution in [3.8, 4) is 17.0 Å². The highest BCUT2D eigenvalue weighted by Crippen LogP contribution is 2.34. The first kappa shape index (κ1) is 28.2. The van der Waals surface area contributed by atoms with E-state index in [9.17, 15) is 27.9 Å². The Morgan fingerprint density at radius 2 is 1.79 bits per heavy atom. The molecule has 1 aliphatic rings. The van der Waals surface area contributed by atoms with Crippen molar-refractivity contribution < 1.29 is 42.5 Å². The van der Waals surface area contributed by atoms with Gasteiger partial charge in [-0.3, -0.25) is 14.5 Å². The topological polar surface area (TPSA) is 144 Å². The largest absolute Gasteiger partial charge is 0.497 e. The number of aromatic carboxylic acids is 1. The Hall–Kier alpha value is -4.42. The van der Waals surface area contributed by atoms with Gasteiger partial charge in [-0.25, -0.2) is 9.59 Å². The molecule has 0 fully saturated rings. The summed E-state index contributed by atoms with van der Waals surface area (Å²) in [5.41, 5.74) is 4.67. The number of methoxy groups -OCH3 is 1. The maximum Gasteiger partial charge on any atom is 0.490 e. The average Bonchev–Trinajstić information content (AvgIpc) is 3.26. The number of fused-ring (bicyclic) bond motifs is 3. The fourth-order valence-electron chi connectivity index (χ4n) is 3.92. The number of aryl methyl sites for hydroxylation is 2. The Bertz CT molecular complexity index is 1310. The molecule has 1 aromatic carbocycles. The van der Waals surface area contributed by atoms with Crippen LogP contribution in [0.3, 0.4) is 0 Å². The second kappa shape index (κ2) is 12.2. The van der Waals surface area contributed by atoms with E-state index in [0.717, 1.165) is 40.1 Å². The Balaban J connectivity index is 0.000000505. The highest BCUT2D eigenvalue weighted by Gasteiger charge is 2.38. The molecule has 0 unspecified atom stereocenters. The van der Waals surface area contributed by atoms with Gasteiger partial charge in [0.1, 0.15) is 11.4 Å². The third-order valence-corrected chi connectivity index (χ3v) is 5.69. The molecule has 0 aliphatic heterocycles. The fourth-order valence-corrected chi connectivity index (χ4v) is 3.92. The van der Waals surface area contributed by atoms with E-state index in [1.807, 2.05) is 36.5 Å². The van der Waals surface area contributed by atoms with E-state index in [4.69, 9.17) is 14.6 Å². The zero-order valence-corrected chi connectivity index (χ0v) is 20.3. The summed E-state index contributed by atoms with van der Waals surface area (Å²) in [5.74, 6) is -3.06. The van der Waals surface area contributed by atoms with Crippen LogP contribution in [0.15, 0.2) is 42.7 Å². The van der Waals surface area contributed by atoms with E-state index in [1.165, 1.54) is 0 Å². The van der Waals surface area contributed by atoms with E-state index < -0.39 is 18.1 Å². The van der Waals surface area contributed by atoms with Crippen LogP contribution < -0.4 is 10.1 Å². The normalized spacial score (nSPS) is 11.9. The molecule has 4 rings (SSSR count). The lowest BCUT2D eigenvalue weighted by Crippen LogP contribution is -2.27. The van der Waals surface area contributed by atoms with E-state index in [-0.39, 0.29) is 18.0 Å². The van der Waals surface area contributed by atoms with Gasteiger partial charge in [-0.1, -0.05) is 12.1 Å². The lowest BCUT2D eigenvalue weighted by atomic mass is 9.90. The van der Waals surface area contributed by atoms with Crippen LogP contribution in [0.2, 0.25) is 0 Å². The number of pyridine rings is 1. The van der Waals surface area contributed by atoms with Crippen molar-refractivity contribution in [2.75, 3.05) is 13.7 Å². The van der Waals surface area contributed by atoms with Crippen LogP contribution in [0, 0.1) is 0 Å². The fraction of sp³-hybridized carbons (Fsp3) is 0.320. The average molecular weight is 534 g/mol. The van der Waals surface area contributed by atoms with Crippen molar-refractivity contribution in [1.82, 2.24) is 20.1 Å². The van der Waals surface area contributed by atoms with Crippen LogP contribution >= 0.6 is 0 Å². The van der Waals surface area contributed by atoms with Crippen LogP contribution in [0.25, 0.3) is 11.3 Å². The summed E-state index contributed by atoms with van der Waals surface area (Å²) in [6, 6.07) is 9.25. The van der Waals surface area contributed by atoms with Crippen molar-refractivity contribution in [3.63, 3.8) is 0 Å². The number of hydrogen-bond donors (Lipinski definition) is 3. The number of carbonyl (C=O) groups is 3. The summed E-state index contributed by atoms with van der Waals surface area (Å²) in [6.45, 7) is 0.858. The van der Waals surface area contributed by atoms with Crippen LogP contribution in [-0.2, 0) is 35.4 Å². The predicted molar refractivity (Wildman–Crippen MR) is 128 cm³/mol. The molecule has 13 heteroatoms. The van der Waals surface area contributed by atoms with Crippen molar-refractivity contribution in [3.05, 3.63) is 65.1 Å². The predicted octanol–water partition coefficient (Wildman–Crippen LogP) is 3.13. The number of rotatable bonds is 8. The molecule has 0 atom stereocenters. The Labute approximate surface area is 215 Å². The molecular formula is C25H25F3N4O6. The first-order valence-electron chi connectivity index (χ1n) is 11.5. The Morgan fingerprint density at radius 1 is 1.11 bits per heavy atom. The molecule has 2 aromatic heterocycles. The maximum atomic E-state index is 12.2.